The molecule has 1 aliphatic heterocycles. The molecule has 4 aromatic rings. The Morgan fingerprint density at radius 2 is 1.72 bits per heavy atom. The van der Waals surface area contributed by atoms with Gasteiger partial charge < -0.3 is 9.15 Å². The van der Waals surface area contributed by atoms with Crippen molar-refractivity contribution >= 4 is 11.6 Å². The number of para-hydroxylation sites is 2. The van der Waals surface area contributed by atoms with Crippen LogP contribution in [-0.4, -0.2) is 22.3 Å². The molecule has 1 atom stereocenters. The van der Waals surface area contributed by atoms with Gasteiger partial charge in [0.25, 0.3) is 0 Å². The van der Waals surface area contributed by atoms with E-state index in [1.54, 1.807) is 17.0 Å². The average Bonchev–Trinajstić information content (AvgIpc) is 3.19. The normalized spacial score (nSPS) is 15.2. The summed E-state index contributed by atoms with van der Waals surface area (Å²) in [6.45, 7) is -0.0392. The van der Waals surface area contributed by atoms with Crippen LogP contribution in [0.1, 0.15) is 11.6 Å². The Hall–Kier alpha value is -4.20. The summed E-state index contributed by atoms with van der Waals surface area (Å²) in [5.41, 5.74) is 1.97. The van der Waals surface area contributed by atoms with Gasteiger partial charge >= 0.3 is 5.76 Å². The van der Waals surface area contributed by atoms with Gasteiger partial charge in [-0.3, -0.25) is 9.69 Å². The first-order chi connectivity index (χ1) is 15.6. The number of fused-ring (bicyclic) bond motifs is 1. The molecule has 5 rings (SSSR count). The summed E-state index contributed by atoms with van der Waals surface area (Å²) >= 11 is 0. The molecule has 1 aliphatic rings. The monoisotopic (exact) mass is 431 g/mol. The molecular weight excluding hydrogens is 413 g/mol. The number of rotatable bonds is 4. The molecule has 0 spiro atoms. The average molecular weight is 431 g/mol. The van der Waals surface area contributed by atoms with Gasteiger partial charge in [0.15, 0.2) is 0 Å². The van der Waals surface area contributed by atoms with Gasteiger partial charge in [0.1, 0.15) is 24.7 Å². The van der Waals surface area contributed by atoms with Crippen LogP contribution in [0.5, 0.6) is 5.75 Å². The minimum Gasteiger partial charge on any atom is -0.489 e. The Balaban J connectivity index is 1.48. The van der Waals surface area contributed by atoms with Crippen molar-refractivity contribution in [1.82, 2.24) is 9.78 Å². The summed E-state index contributed by atoms with van der Waals surface area (Å²) in [7, 11) is 0. The number of hydrogen-bond acceptors (Lipinski definition) is 5. The zero-order chi connectivity index (χ0) is 22.1. The van der Waals surface area contributed by atoms with Crippen LogP contribution in [0.25, 0.3) is 11.5 Å². The molecule has 0 aliphatic carbocycles. The first kappa shape index (κ1) is 19.7. The highest BCUT2D eigenvalue weighted by molar-refractivity contribution is 5.96. The molecule has 2 heterocycles. The summed E-state index contributed by atoms with van der Waals surface area (Å²) in [6, 6.07) is 21.8. The van der Waals surface area contributed by atoms with E-state index in [9.17, 15) is 14.0 Å². The van der Waals surface area contributed by atoms with Crippen LogP contribution < -0.4 is 15.4 Å². The smallest absolute Gasteiger partial charge is 0.437 e. The third-order valence-corrected chi connectivity index (χ3v) is 5.27. The number of aromatic nitrogens is 2. The molecule has 1 unspecified atom stereocenters. The Morgan fingerprint density at radius 3 is 2.50 bits per heavy atom. The van der Waals surface area contributed by atoms with Crippen molar-refractivity contribution in [2.24, 2.45) is 0 Å². The lowest BCUT2D eigenvalue weighted by Crippen LogP contribution is -2.43. The third-order valence-electron chi connectivity index (χ3n) is 5.27. The van der Waals surface area contributed by atoms with Crippen LogP contribution >= 0.6 is 0 Å². The Bertz CT molecular complexity index is 1320. The second kappa shape index (κ2) is 8.14. The second-order valence-electron chi connectivity index (χ2n) is 7.31. The summed E-state index contributed by atoms with van der Waals surface area (Å²) < 4.78 is 25.2. The predicted octanol–water partition coefficient (Wildman–Crippen LogP) is 3.81. The molecule has 3 aromatic carbocycles. The van der Waals surface area contributed by atoms with Gasteiger partial charge in [-0.2, -0.15) is 4.68 Å². The highest BCUT2D eigenvalue weighted by Crippen LogP contribution is 2.39. The summed E-state index contributed by atoms with van der Waals surface area (Å²) in [5.74, 6) is -0.910. The predicted molar refractivity (Wildman–Crippen MR) is 115 cm³/mol. The van der Waals surface area contributed by atoms with Crippen molar-refractivity contribution in [1.29, 1.82) is 0 Å². The molecule has 1 amide bonds. The van der Waals surface area contributed by atoms with Crippen molar-refractivity contribution < 1.29 is 18.3 Å². The van der Waals surface area contributed by atoms with Gasteiger partial charge in [-0.1, -0.05) is 42.5 Å². The van der Waals surface area contributed by atoms with Crippen LogP contribution in [0.2, 0.25) is 0 Å². The molecule has 160 valence electrons. The van der Waals surface area contributed by atoms with Crippen LogP contribution in [0.4, 0.5) is 10.1 Å². The number of nitrogens with zero attached hydrogens (tertiary/aromatic N) is 3. The highest BCUT2D eigenvalue weighted by Gasteiger charge is 2.33. The highest BCUT2D eigenvalue weighted by atomic mass is 19.1. The molecule has 0 radical (unpaired) electrons. The zero-order valence-electron chi connectivity index (χ0n) is 16.8. The van der Waals surface area contributed by atoms with E-state index in [4.69, 9.17) is 9.15 Å². The van der Waals surface area contributed by atoms with E-state index in [0.717, 1.165) is 10.2 Å². The molecule has 1 aromatic heterocycles. The first-order valence-corrected chi connectivity index (χ1v) is 10.0. The van der Waals surface area contributed by atoms with Gasteiger partial charge in [-0.15, -0.1) is 5.10 Å². The quantitative estimate of drug-likeness (QED) is 0.491. The third kappa shape index (κ3) is 3.66. The zero-order valence-corrected chi connectivity index (χ0v) is 16.8. The standard InChI is InChI=1S/C24H18FN3O4/c25-18-12-10-17(11-13-18)23-26-27(24(30)32-23)14-22(29)28-19-8-4-5-9-21(19)31-15-20(28)16-6-2-1-3-7-16/h1-13,20H,14-15H2. The number of hydrogen-bond donors (Lipinski definition) is 0. The van der Waals surface area contributed by atoms with E-state index in [2.05, 4.69) is 5.10 Å². The lowest BCUT2D eigenvalue weighted by atomic mass is 10.0. The summed E-state index contributed by atoms with van der Waals surface area (Å²) in [6.07, 6.45) is 0. The van der Waals surface area contributed by atoms with Crippen molar-refractivity contribution in [3.63, 3.8) is 0 Å². The van der Waals surface area contributed by atoms with Gasteiger partial charge in [0, 0.05) is 5.56 Å². The fourth-order valence-corrected chi connectivity index (χ4v) is 3.74. The van der Waals surface area contributed by atoms with Crippen molar-refractivity contribution in [3.8, 4) is 17.2 Å². The lowest BCUT2D eigenvalue weighted by Gasteiger charge is -2.37. The fourth-order valence-electron chi connectivity index (χ4n) is 3.74. The first-order valence-electron chi connectivity index (χ1n) is 10.0. The summed E-state index contributed by atoms with van der Waals surface area (Å²) in [5, 5.41) is 4.13. The van der Waals surface area contributed by atoms with Crippen molar-refractivity contribution in [2.45, 2.75) is 12.6 Å². The van der Waals surface area contributed by atoms with Crippen LogP contribution in [-0.2, 0) is 11.3 Å². The van der Waals surface area contributed by atoms with Crippen molar-refractivity contribution in [2.75, 3.05) is 11.5 Å². The number of amides is 1. The van der Waals surface area contributed by atoms with Crippen LogP contribution in [0.3, 0.4) is 0 Å². The Kier molecular flexibility index (Phi) is 5.03. The molecule has 7 nitrogen and oxygen atoms in total. The second-order valence-corrected chi connectivity index (χ2v) is 7.31. The van der Waals surface area contributed by atoms with Gasteiger partial charge in [-0.05, 0) is 42.0 Å². The number of carbonyl (C=O) groups excluding carboxylic acids is 1. The minimum absolute atomic E-state index is 0.0183. The molecule has 32 heavy (non-hydrogen) atoms. The maximum Gasteiger partial charge on any atom is 0.437 e. The molecule has 0 bridgehead atoms. The maximum absolute atomic E-state index is 13.4. The number of carbonyl (C=O) groups is 1. The number of ether oxygens (including phenoxy) is 1. The van der Waals surface area contributed by atoms with E-state index >= 15 is 0 Å². The SMILES string of the molecule is O=C(Cn1nc(-c2ccc(F)cc2)oc1=O)N1c2ccccc2OCC1c1ccccc1. The Morgan fingerprint density at radius 1 is 1.00 bits per heavy atom. The largest absolute Gasteiger partial charge is 0.489 e. The number of anilines is 1. The van der Waals surface area contributed by atoms with E-state index in [0.29, 0.717) is 17.0 Å². The van der Waals surface area contributed by atoms with E-state index in [1.165, 1.54) is 24.3 Å². The van der Waals surface area contributed by atoms with E-state index in [1.807, 2.05) is 42.5 Å². The minimum atomic E-state index is -0.768. The van der Waals surface area contributed by atoms with E-state index in [-0.39, 0.29) is 31.0 Å². The number of halogens is 1. The fraction of sp³-hybridized carbons (Fsp3) is 0.125. The molecule has 0 N–H and O–H groups in total. The van der Waals surface area contributed by atoms with Crippen molar-refractivity contribution in [3.05, 3.63) is 101 Å². The topological polar surface area (TPSA) is 77.6 Å². The van der Waals surface area contributed by atoms with Crippen LogP contribution in [0.15, 0.2) is 88.1 Å². The Labute approximate surface area is 182 Å². The molecule has 0 fully saturated rings. The van der Waals surface area contributed by atoms with Gasteiger partial charge in [-0.25, -0.2) is 9.18 Å². The maximum atomic E-state index is 13.4. The number of benzene rings is 3. The van der Waals surface area contributed by atoms with E-state index < -0.39 is 11.6 Å². The molecular formula is C24H18FN3O4. The molecule has 0 saturated heterocycles. The van der Waals surface area contributed by atoms with Crippen LogP contribution in [0, 0.1) is 5.82 Å². The van der Waals surface area contributed by atoms with Gasteiger partial charge in [0.2, 0.25) is 11.8 Å². The summed E-state index contributed by atoms with van der Waals surface area (Å²) in [4.78, 5) is 27.4. The molecule has 8 heteroatoms. The van der Waals surface area contributed by atoms with Gasteiger partial charge in [0.05, 0.1) is 11.7 Å². The lowest BCUT2D eigenvalue weighted by molar-refractivity contribution is -0.120. The molecule has 0 saturated carbocycles.